The van der Waals surface area contributed by atoms with Gasteiger partial charge in [-0.3, -0.25) is 0 Å². The van der Waals surface area contributed by atoms with Crippen molar-refractivity contribution in [3.8, 4) is 6.07 Å². The summed E-state index contributed by atoms with van der Waals surface area (Å²) in [4.78, 5) is 4.63. The van der Waals surface area contributed by atoms with E-state index in [1.807, 2.05) is 6.07 Å². The van der Waals surface area contributed by atoms with Crippen LogP contribution in [0.3, 0.4) is 0 Å². The molecule has 0 amide bonds. The lowest BCUT2D eigenvalue weighted by Crippen LogP contribution is -2.52. The first-order valence-corrected chi connectivity index (χ1v) is 10.2. The van der Waals surface area contributed by atoms with Crippen LogP contribution in [0, 0.1) is 28.8 Å². The van der Waals surface area contributed by atoms with Gasteiger partial charge in [0.1, 0.15) is 29.4 Å². The lowest BCUT2D eigenvalue weighted by Gasteiger charge is -2.38. The maximum absolute atomic E-state index is 13.4. The molecule has 1 aromatic carbocycles. The van der Waals surface area contributed by atoms with Gasteiger partial charge in [-0.2, -0.15) is 5.26 Å². The summed E-state index contributed by atoms with van der Waals surface area (Å²) in [7, 11) is 0. The third-order valence-corrected chi connectivity index (χ3v) is 5.58. The number of aliphatic hydroxyl groups is 2. The van der Waals surface area contributed by atoms with Crippen LogP contribution in [0.5, 0.6) is 0 Å². The van der Waals surface area contributed by atoms with Crippen molar-refractivity contribution in [2.75, 3.05) is 13.2 Å². The van der Waals surface area contributed by atoms with Crippen molar-refractivity contribution in [1.82, 2.24) is 10.3 Å². The van der Waals surface area contributed by atoms with Gasteiger partial charge in [0.05, 0.1) is 12.3 Å². The molecule has 0 spiro atoms. The van der Waals surface area contributed by atoms with Crippen LogP contribution in [0.25, 0.3) is 5.70 Å². The zero-order chi connectivity index (χ0) is 23.3. The zero-order valence-electron chi connectivity index (χ0n) is 16.4. The maximum atomic E-state index is 13.4. The smallest absolute Gasteiger partial charge is 0.194 e. The topological polar surface area (TPSA) is 134 Å². The number of hydrogen-bond donors (Lipinski definition) is 4. The quantitative estimate of drug-likeness (QED) is 0.445. The monoisotopic (exact) mass is 468 g/mol. The van der Waals surface area contributed by atoms with Gasteiger partial charge in [-0.1, -0.05) is 11.8 Å². The average molecular weight is 468 g/mol. The lowest BCUT2D eigenvalue weighted by atomic mass is 10.1. The second-order valence-electron chi connectivity index (χ2n) is 6.66. The molecule has 1 saturated heterocycles. The number of thioether (sulfide) groups is 1. The van der Waals surface area contributed by atoms with Gasteiger partial charge >= 0.3 is 0 Å². The van der Waals surface area contributed by atoms with Crippen LogP contribution in [0.2, 0.25) is 0 Å². The van der Waals surface area contributed by atoms with Crippen LogP contribution >= 0.6 is 11.8 Å². The van der Waals surface area contributed by atoms with Gasteiger partial charge in [-0.15, -0.1) is 0 Å². The molecule has 1 aliphatic heterocycles. The number of nitrogens with zero attached hydrogens (tertiary/aromatic N) is 2. The molecule has 5 N–H and O–H groups in total. The molecule has 170 valence electrons. The van der Waals surface area contributed by atoms with Crippen molar-refractivity contribution < 1.29 is 32.9 Å². The first-order chi connectivity index (χ1) is 15.3. The Morgan fingerprint density at radius 1 is 1.25 bits per heavy atom. The SMILES string of the molecule is N#Cc1ccc(SC2OC(CO)C(O)OC2CN/C=C(\N)c2cc(F)c(F)c(F)c2)cn1. The second-order valence-corrected chi connectivity index (χ2v) is 7.83. The summed E-state index contributed by atoms with van der Waals surface area (Å²) in [5.74, 6) is -4.33. The normalized spacial score (nSPS) is 23.6. The van der Waals surface area contributed by atoms with Gasteiger partial charge in [0.2, 0.25) is 0 Å². The van der Waals surface area contributed by atoms with Crippen molar-refractivity contribution in [2.45, 2.75) is 28.8 Å². The number of hydrogen-bond acceptors (Lipinski definition) is 9. The minimum Gasteiger partial charge on any atom is -0.397 e. The van der Waals surface area contributed by atoms with E-state index < -0.39 is 48.0 Å². The van der Waals surface area contributed by atoms with E-state index in [2.05, 4.69) is 10.3 Å². The number of nitriles is 1. The summed E-state index contributed by atoms with van der Waals surface area (Å²) < 4.78 is 51.2. The minimum absolute atomic E-state index is 0.0590. The van der Waals surface area contributed by atoms with E-state index in [-0.39, 0.29) is 23.5 Å². The fourth-order valence-corrected chi connectivity index (χ4v) is 3.82. The summed E-state index contributed by atoms with van der Waals surface area (Å²) in [6, 6.07) is 6.63. The first kappa shape index (κ1) is 23.8. The molecule has 8 nitrogen and oxygen atoms in total. The molecule has 2 heterocycles. The molecule has 32 heavy (non-hydrogen) atoms. The third-order valence-electron chi connectivity index (χ3n) is 4.42. The molecule has 1 fully saturated rings. The Labute approximate surface area is 185 Å². The predicted octanol–water partition coefficient (Wildman–Crippen LogP) is 1.43. The molecule has 0 bridgehead atoms. The Morgan fingerprint density at radius 3 is 2.56 bits per heavy atom. The summed E-state index contributed by atoms with van der Waals surface area (Å²) in [6.07, 6.45) is -0.360. The van der Waals surface area contributed by atoms with Crippen LogP contribution in [0.4, 0.5) is 13.2 Å². The third kappa shape index (κ3) is 5.70. The van der Waals surface area contributed by atoms with Crippen LogP contribution in [-0.4, -0.2) is 52.3 Å². The van der Waals surface area contributed by atoms with Crippen molar-refractivity contribution in [2.24, 2.45) is 5.73 Å². The number of aliphatic hydroxyl groups excluding tert-OH is 2. The van der Waals surface area contributed by atoms with E-state index in [1.165, 1.54) is 30.2 Å². The van der Waals surface area contributed by atoms with E-state index in [1.54, 1.807) is 6.07 Å². The van der Waals surface area contributed by atoms with E-state index in [4.69, 9.17) is 20.5 Å². The van der Waals surface area contributed by atoms with Gasteiger partial charge in [-0.25, -0.2) is 18.2 Å². The van der Waals surface area contributed by atoms with Crippen LogP contribution in [-0.2, 0) is 9.47 Å². The highest BCUT2D eigenvalue weighted by molar-refractivity contribution is 7.99. The maximum Gasteiger partial charge on any atom is 0.194 e. The van der Waals surface area contributed by atoms with Crippen molar-refractivity contribution in [3.63, 3.8) is 0 Å². The van der Waals surface area contributed by atoms with Crippen molar-refractivity contribution >= 4 is 17.5 Å². The summed E-state index contributed by atoms with van der Waals surface area (Å²) in [5.41, 5.74) is 5.23. The average Bonchev–Trinajstić information content (AvgIpc) is 2.79. The number of benzene rings is 1. The summed E-state index contributed by atoms with van der Waals surface area (Å²) in [5, 5.41) is 31.1. The van der Waals surface area contributed by atoms with E-state index >= 15 is 0 Å². The molecule has 0 radical (unpaired) electrons. The Kier molecular flexibility index (Phi) is 7.94. The number of ether oxygens (including phenoxy) is 2. The Hall–Kier alpha value is -2.82. The lowest BCUT2D eigenvalue weighted by molar-refractivity contribution is -0.270. The summed E-state index contributed by atoms with van der Waals surface area (Å²) in [6.45, 7) is -0.415. The first-order valence-electron chi connectivity index (χ1n) is 9.29. The number of nitrogens with two attached hydrogens (primary N) is 1. The fourth-order valence-electron chi connectivity index (χ4n) is 2.78. The van der Waals surface area contributed by atoms with Crippen molar-refractivity contribution in [1.29, 1.82) is 5.26 Å². The van der Waals surface area contributed by atoms with Gasteiger partial charge in [0.25, 0.3) is 0 Å². The molecular formula is C20H19F3N4O4S. The highest BCUT2D eigenvalue weighted by atomic mass is 32.2. The molecule has 1 aliphatic rings. The highest BCUT2D eigenvalue weighted by Crippen LogP contribution is 2.32. The van der Waals surface area contributed by atoms with Crippen molar-refractivity contribution in [3.05, 3.63) is 65.4 Å². The molecule has 3 rings (SSSR count). The summed E-state index contributed by atoms with van der Waals surface area (Å²) >= 11 is 1.20. The molecule has 0 saturated carbocycles. The standard InChI is InChI=1S/C20H19F3N4O4S/c21-13-3-10(4-14(22)18(13)23)15(25)7-26-8-16-20(31-17(9-28)19(29)30-16)32-12-2-1-11(5-24)27-6-12/h1-4,6-7,16-17,19-20,26,28-29H,8-9,25H2/b15-7-. The van der Waals surface area contributed by atoms with Gasteiger partial charge < -0.3 is 30.7 Å². The highest BCUT2D eigenvalue weighted by Gasteiger charge is 2.38. The van der Waals surface area contributed by atoms with Gasteiger partial charge in [0, 0.05) is 29.4 Å². The Morgan fingerprint density at radius 2 is 1.97 bits per heavy atom. The van der Waals surface area contributed by atoms with E-state index in [0.29, 0.717) is 4.90 Å². The number of nitrogens with one attached hydrogen (secondary N) is 1. The zero-order valence-corrected chi connectivity index (χ0v) is 17.2. The Bertz CT molecular complexity index is 996. The van der Waals surface area contributed by atoms with Gasteiger partial charge in [-0.05, 0) is 24.3 Å². The molecular weight excluding hydrogens is 449 g/mol. The fraction of sp³-hybridized carbons (Fsp3) is 0.300. The molecule has 4 atom stereocenters. The second kappa shape index (κ2) is 10.7. The molecule has 12 heteroatoms. The van der Waals surface area contributed by atoms with Gasteiger partial charge in [0.15, 0.2) is 23.7 Å². The predicted molar refractivity (Wildman–Crippen MR) is 108 cm³/mol. The minimum atomic E-state index is -1.59. The number of pyridine rings is 1. The number of rotatable bonds is 7. The number of aromatic nitrogens is 1. The molecule has 0 aliphatic carbocycles. The molecule has 4 unspecified atom stereocenters. The van der Waals surface area contributed by atoms with Crippen LogP contribution < -0.4 is 11.1 Å². The largest absolute Gasteiger partial charge is 0.397 e. The van der Waals surface area contributed by atoms with Crippen LogP contribution in [0.15, 0.2) is 41.6 Å². The molecule has 2 aromatic rings. The van der Waals surface area contributed by atoms with E-state index in [0.717, 1.165) is 12.1 Å². The molecule has 1 aromatic heterocycles. The Balaban J connectivity index is 1.70. The van der Waals surface area contributed by atoms with Crippen LogP contribution in [0.1, 0.15) is 11.3 Å². The number of halogens is 3. The van der Waals surface area contributed by atoms with E-state index in [9.17, 15) is 23.4 Å².